The first kappa shape index (κ1) is 19.0. The molecule has 1 saturated heterocycles. The van der Waals surface area contributed by atoms with Gasteiger partial charge < -0.3 is 20.5 Å². The van der Waals surface area contributed by atoms with Crippen molar-refractivity contribution in [2.24, 2.45) is 7.05 Å². The summed E-state index contributed by atoms with van der Waals surface area (Å²) in [5.74, 6) is -0.329. The molecule has 0 spiro atoms. The van der Waals surface area contributed by atoms with Gasteiger partial charge in [-0.1, -0.05) is 23.2 Å². The van der Waals surface area contributed by atoms with E-state index in [4.69, 9.17) is 23.2 Å². The number of amides is 2. The smallest absolute Gasteiger partial charge is 0.268 e. The summed E-state index contributed by atoms with van der Waals surface area (Å²) in [6.07, 6.45) is 1.88. The summed E-state index contributed by atoms with van der Waals surface area (Å²) in [6, 6.07) is 5.29. The molecule has 2 aromatic rings. The second-order valence-corrected chi connectivity index (χ2v) is 7.53. The van der Waals surface area contributed by atoms with Gasteiger partial charge in [-0.15, -0.1) is 0 Å². The topological polar surface area (TPSA) is 75.2 Å². The molecule has 26 heavy (non-hydrogen) atoms. The van der Waals surface area contributed by atoms with E-state index in [0.717, 1.165) is 30.3 Å². The number of benzene rings is 1. The number of hydrogen-bond donors (Lipinski definition) is 3. The third kappa shape index (κ3) is 3.54. The van der Waals surface area contributed by atoms with Gasteiger partial charge in [0.15, 0.2) is 0 Å². The van der Waals surface area contributed by atoms with Crippen molar-refractivity contribution in [2.75, 3.05) is 20.1 Å². The fourth-order valence-electron chi connectivity index (χ4n) is 3.54. The molecule has 1 aliphatic rings. The second-order valence-electron chi connectivity index (χ2n) is 6.75. The van der Waals surface area contributed by atoms with Crippen molar-refractivity contribution >= 4 is 45.9 Å². The van der Waals surface area contributed by atoms with Gasteiger partial charge in [0.25, 0.3) is 5.91 Å². The third-order valence-electron chi connectivity index (χ3n) is 4.97. The van der Waals surface area contributed by atoms with E-state index in [-0.39, 0.29) is 18.2 Å². The number of carbonyl (C=O) groups is 2. The molecule has 0 radical (unpaired) electrons. The first-order chi connectivity index (χ1) is 12.4. The number of aromatic nitrogens is 1. The molecule has 0 bridgehead atoms. The lowest BCUT2D eigenvalue weighted by molar-refractivity contribution is -0.122. The Hall–Kier alpha value is -1.76. The number of nitrogens with zero attached hydrogens (tertiary/aromatic N) is 1. The number of fused-ring (bicyclic) bond motifs is 1. The minimum absolute atomic E-state index is 0.0964. The fraction of sp³-hybridized carbons (Fsp3) is 0.444. The van der Waals surface area contributed by atoms with Crippen LogP contribution < -0.4 is 16.0 Å². The molecule has 0 saturated carbocycles. The van der Waals surface area contributed by atoms with Gasteiger partial charge in [-0.25, -0.2) is 0 Å². The molecule has 140 valence electrons. The van der Waals surface area contributed by atoms with Crippen LogP contribution in [-0.4, -0.2) is 42.1 Å². The van der Waals surface area contributed by atoms with Gasteiger partial charge in [0.2, 0.25) is 5.91 Å². The summed E-state index contributed by atoms with van der Waals surface area (Å²) in [5, 5.41) is 10.6. The van der Waals surface area contributed by atoms with Crippen molar-refractivity contribution in [3.05, 3.63) is 33.9 Å². The zero-order valence-corrected chi connectivity index (χ0v) is 16.3. The first-order valence-corrected chi connectivity index (χ1v) is 9.30. The Kier molecular flexibility index (Phi) is 5.46. The van der Waals surface area contributed by atoms with Crippen LogP contribution in [0.15, 0.2) is 18.2 Å². The van der Waals surface area contributed by atoms with Crippen LogP contribution in [0.1, 0.15) is 29.8 Å². The molecule has 8 heteroatoms. The van der Waals surface area contributed by atoms with Crippen LogP contribution in [-0.2, 0) is 11.8 Å². The quantitative estimate of drug-likeness (QED) is 0.742. The molecule has 2 heterocycles. The highest BCUT2D eigenvalue weighted by molar-refractivity contribution is 6.45. The zero-order valence-electron chi connectivity index (χ0n) is 14.8. The molecule has 3 N–H and O–H groups in total. The van der Waals surface area contributed by atoms with Crippen molar-refractivity contribution in [1.82, 2.24) is 20.5 Å². The summed E-state index contributed by atoms with van der Waals surface area (Å²) >= 11 is 12.4. The summed E-state index contributed by atoms with van der Waals surface area (Å²) in [7, 11) is 3.41. The summed E-state index contributed by atoms with van der Waals surface area (Å²) in [6.45, 7) is 1.44. The molecule has 1 atom stereocenters. The Morgan fingerprint density at radius 2 is 2.12 bits per heavy atom. The highest BCUT2D eigenvalue weighted by Crippen LogP contribution is 2.32. The number of hydrogen-bond acceptors (Lipinski definition) is 3. The third-order valence-corrected chi connectivity index (χ3v) is 5.79. The molecule has 0 aliphatic carbocycles. The maximum atomic E-state index is 13.0. The second kappa shape index (κ2) is 7.47. The van der Waals surface area contributed by atoms with E-state index in [1.54, 1.807) is 23.7 Å². The van der Waals surface area contributed by atoms with E-state index in [1.807, 2.05) is 13.1 Å². The number of piperidine rings is 1. The van der Waals surface area contributed by atoms with Crippen LogP contribution in [0.2, 0.25) is 10.0 Å². The Morgan fingerprint density at radius 3 is 2.77 bits per heavy atom. The number of nitrogens with one attached hydrogen (secondary N) is 3. The van der Waals surface area contributed by atoms with E-state index in [1.165, 1.54) is 0 Å². The van der Waals surface area contributed by atoms with Crippen molar-refractivity contribution in [2.45, 2.75) is 24.8 Å². The number of halogens is 2. The molecule has 6 nitrogen and oxygen atoms in total. The van der Waals surface area contributed by atoms with Gasteiger partial charge in [0.1, 0.15) is 5.69 Å². The zero-order chi connectivity index (χ0) is 18.9. The van der Waals surface area contributed by atoms with Crippen LogP contribution in [0.5, 0.6) is 0 Å². The highest BCUT2D eigenvalue weighted by atomic mass is 35.5. The molecule has 1 aliphatic heterocycles. The van der Waals surface area contributed by atoms with Gasteiger partial charge in [0, 0.05) is 31.5 Å². The number of rotatable bonds is 4. The lowest BCUT2D eigenvalue weighted by atomic mass is 9.86. The average molecular weight is 397 g/mol. The van der Waals surface area contributed by atoms with E-state index >= 15 is 0 Å². The molecule has 1 unspecified atom stereocenters. The molecule has 1 fully saturated rings. The Bertz CT molecular complexity index is 856. The van der Waals surface area contributed by atoms with Crippen LogP contribution in [0, 0.1) is 0 Å². The maximum absolute atomic E-state index is 13.0. The van der Waals surface area contributed by atoms with Gasteiger partial charge in [-0.2, -0.15) is 0 Å². The van der Waals surface area contributed by atoms with Crippen molar-refractivity contribution < 1.29 is 9.59 Å². The molecule has 3 rings (SSSR count). The van der Waals surface area contributed by atoms with Crippen LogP contribution >= 0.6 is 23.2 Å². The Balaban J connectivity index is 1.92. The van der Waals surface area contributed by atoms with Crippen LogP contribution in [0.4, 0.5) is 0 Å². The SMILES string of the molecule is CNC(=O)CC1(NC(=O)c2cc3c(Cl)c(Cl)ccc3n2C)CCCNC1. The van der Waals surface area contributed by atoms with Crippen molar-refractivity contribution in [3.63, 3.8) is 0 Å². The van der Waals surface area contributed by atoms with Crippen molar-refractivity contribution in [3.8, 4) is 0 Å². The number of aryl methyl sites for hydroxylation is 1. The molecule has 1 aromatic heterocycles. The van der Waals surface area contributed by atoms with E-state index in [9.17, 15) is 9.59 Å². The first-order valence-electron chi connectivity index (χ1n) is 8.54. The standard InChI is InChI=1S/C18H22Cl2N4O2/c1-21-15(25)9-18(6-3-7-22-10-18)23-17(26)14-8-11-13(24(14)2)5-4-12(19)16(11)20/h4-5,8,22H,3,6-7,9-10H2,1-2H3,(H,21,25)(H,23,26). The number of carbonyl (C=O) groups excluding carboxylic acids is 2. The molecule has 2 amide bonds. The summed E-state index contributed by atoms with van der Waals surface area (Å²) in [4.78, 5) is 25.0. The van der Waals surface area contributed by atoms with E-state index < -0.39 is 5.54 Å². The predicted octanol–water partition coefficient (Wildman–Crippen LogP) is 2.47. The van der Waals surface area contributed by atoms with Gasteiger partial charge in [-0.3, -0.25) is 9.59 Å². The molecular formula is C18H22Cl2N4O2. The van der Waals surface area contributed by atoms with E-state index in [2.05, 4.69) is 16.0 Å². The lowest BCUT2D eigenvalue weighted by Gasteiger charge is -2.38. The maximum Gasteiger partial charge on any atom is 0.268 e. The van der Waals surface area contributed by atoms with Crippen LogP contribution in [0.25, 0.3) is 10.9 Å². The van der Waals surface area contributed by atoms with Crippen LogP contribution in [0.3, 0.4) is 0 Å². The Morgan fingerprint density at radius 1 is 1.35 bits per heavy atom. The van der Waals surface area contributed by atoms with Crippen molar-refractivity contribution in [1.29, 1.82) is 0 Å². The normalized spacial score (nSPS) is 20.2. The largest absolute Gasteiger partial charge is 0.359 e. The minimum atomic E-state index is -0.604. The monoisotopic (exact) mass is 396 g/mol. The summed E-state index contributed by atoms with van der Waals surface area (Å²) < 4.78 is 1.79. The molecule has 1 aromatic carbocycles. The van der Waals surface area contributed by atoms with Gasteiger partial charge >= 0.3 is 0 Å². The predicted molar refractivity (Wildman–Crippen MR) is 104 cm³/mol. The van der Waals surface area contributed by atoms with E-state index in [0.29, 0.717) is 22.3 Å². The Labute approximate surface area is 162 Å². The lowest BCUT2D eigenvalue weighted by Crippen LogP contribution is -2.59. The summed E-state index contributed by atoms with van der Waals surface area (Å²) in [5.41, 5.74) is 0.700. The molecular weight excluding hydrogens is 375 g/mol. The van der Waals surface area contributed by atoms with Gasteiger partial charge in [-0.05, 0) is 37.6 Å². The average Bonchev–Trinajstić information content (AvgIpc) is 2.96. The highest BCUT2D eigenvalue weighted by Gasteiger charge is 2.36. The van der Waals surface area contributed by atoms with Gasteiger partial charge in [0.05, 0.1) is 22.0 Å². The fourth-order valence-corrected chi connectivity index (χ4v) is 3.92. The minimum Gasteiger partial charge on any atom is -0.359 e.